The number of H-pyrrole nitrogens is 1. The third kappa shape index (κ3) is 2.63. The lowest BCUT2D eigenvalue weighted by Crippen LogP contribution is -2.05. The first-order chi connectivity index (χ1) is 11.4. The molecule has 0 fully saturated rings. The summed E-state index contributed by atoms with van der Waals surface area (Å²) in [4.78, 5) is 14.2. The predicted octanol–water partition coefficient (Wildman–Crippen LogP) is 5.33. The van der Waals surface area contributed by atoms with Crippen LogP contribution in [0.2, 0.25) is 5.02 Å². The second kappa shape index (κ2) is 5.87. The van der Waals surface area contributed by atoms with Crippen molar-refractivity contribution >= 4 is 28.8 Å². The van der Waals surface area contributed by atoms with Gasteiger partial charge < -0.3 is 9.72 Å². The minimum absolute atomic E-state index is 0.131. The molecule has 0 radical (unpaired) electrons. The number of alkyl halides is 3. The molecule has 24 heavy (non-hydrogen) atoms. The lowest BCUT2D eigenvalue weighted by Gasteiger charge is -2.07. The molecule has 0 unspecified atom stereocenters. The number of aromatic nitrogens is 1. The van der Waals surface area contributed by atoms with Crippen molar-refractivity contribution in [3.05, 3.63) is 52.5 Å². The number of hydrogen-bond donors (Lipinski definition) is 1. The van der Waals surface area contributed by atoms with E-state index in [0.717, 1.165) is 6.07 Å². The van der Waals surface area contributed by atoms with Gasteiger partial charge in [-0.1, -0.05) is 23.7 Å². The maximum Gasteiger partial charge on any atom is 0.418 e. The fraction of sp³-hybridized carbons (Fsp3) is 0.118. The molecule has 0 amide bonds. The van der Waals surface area contributed by atoms with Gasteiger partial charge in [0.15, 0.2) is 6.29 Å². The number of aromatic amines is 1. The second-order valence-corrected chi connectivity index (χ2v) is 5.51. The van der Waals surface area contributed by atoms with Crippen LogP contribution in [0.4, 0.5) is 13.2 Å². The van der Waals surface area contributed by atoms with Crippen molar-refractivity contribution in [2.24, 2.45) is 0 Å². The first-order valence-electron chi connectivity index (χ1n) is 6.87. The quantitative estimate of drug-likeness (QED) is 0.647. The van der Waals surface area contributed by atoms with Crippen LogP contribution in [0.1, 0.15) is 15.9 Å². The number of methoxy groups -OCH3 is 1. The van der Waals surface area contributed by atoms with Gasteiger partial charge in [-0.3, -0.25) is 4.79 Å². The highest BCUT2D eigenvalue weighted by atomic mass is 35.5. The number of carbonyl (C=O) groups is 1. The summed E-state index contributed by atoms with van der Waals surface area (Å²) in [6.07, 6.45) is -3.99. The van der Waals surface area contributed by atoms with E-state index in [-0.39, 0.29) is 22.2 Å². The zero-order chi connectivity index (χ0) is 17.5. The van der Waals surface area contributed by atoms with Gasteiger partial charge >= 0.3 is 6.18 Å². The van der Waals surface area contributed by atoms with Crippen molar-refractivity contribution in [1.29, 1.82) is 0 Å². The summed E-state index contributed by atoms with van der Waals surface area (Å²) < 4.78 is 44.6. The Bertz CT molecular complexity index is 931. The average molecular weight is 354 g/mol. The first-order valence-corrected chi connectivity index (χ1v) is 7.25. The van der Waals surface area contributed by atoms with Gasteiger partial charge in [0.2, 0.25) is 0 Å². The SMILES string of the molecule is COc1ccc(-c2[nH]c3c(C(F)(F)F)cccc3c2C=O)cc1Cl. The summed E-state index contributed by atoms with van der Waals surface area (Å²) in [5.41, 5.74) is -0.0335. The van der Waals surface area contributed by atoms with Gasteiger partial charge in [0.1, 0.15) is 5.75 Å². The molecule has 124 valence electrons. The smallest absolute Gasteiger partial charge is 0.418 e. The largest absolute Gasteiger partial charge is 0.495 e. The van der Waals surface area contributed by atoms with Crippen molar-refractivity contribution in [3.63, 3.8) is 0 Å². The zero-order valence-corrected chi connectivity index (χ0v) is 13.1. The molecule has 3 nitrogen and oxygen atoms in total. The molecule has 1 N–H and O–H groups in total. The summed E-state index contributed by atoms with van der Waals surface area (Å²) >= 11 is 6.07. The number of fused-ring (bicyclic) bond motifs is 1. The van der Waals surface area contributed by atoms with Gasteiger partial charge in [-0.2, -0.15) is 13.2 Å². The Balaban J connectivity index is 2.29. The molecule has 7 heteroatoms. The number of halogens is 4. The maximum absolute atomic E-state index is 13.2. The van der Waals surface area contributed by atoms with Crippen LogP contribution in [0.25, 0.3) is 22.2 Å². The Morgan fingerprint density at radius 3 is 2.54 bits per heavy atom. The van der Waals surface area contributed by atoms with E-state index in [1.54, 1.807) is 12.1 Å². The highest BCUT2D eigenvalue weighted by Crippen LogP contribution is 2.39. The second-order valence-electron chi connectivity index (χ2n) is 5.11. The van der Waals surface area contributed by atoms with Crippen LogP contribution in [0.3, 0.4) is 0 Å². The van der Waals surface area contributed by atoms with Crippen molar-refractivity contribution in [2.45, 2.75) is 6.18 Å². The summed E-state index contributed by atoms with van der Waals surface area (Å²) in [6.45, 7) is 0. The monoisotopic (exact) mass is 353 g/mol. The van der Waals surface area contributed by atoms with Crippen LogP contribution in [-0.4, -0.2) is 18.4 Å². The molecule has 0 aliphatic heterocycles. The molecule has 0 spiro atoms. The van der Waals surface area contributed by atoms with Crippen LogP contribution in [0.5, 0.6) is 5.75 Å². The van der Waals surface area contributed by atoms with E-state index in [0.29, 0.717) is 22.6 Å². The standard InChI is InChI=1S/C17H11ClF3NO2/c1-24-14-6-5-9(7-13(14)18)15-11(8-23)10-3-2-4-12(16(10)22-15)17(19,20)21/h2-8,22H,1H3. The average Bonchev–Trinajstić information content (AvgIpc) is 2.92. The molecular weight excluding hydrogens is 343 g/mol. The minimum atomic E-state index is -4.53. The number of hydrogen-bond acceptors (Lipinski definition) is 2. The van der Waals surface area contributed by atoms with Crippen LogP contribution in [0, 0.1) is 0 Å². The lowest BCUT2D eigenvalue weighted by atomic mass is 10.0. The third-order valence-corrected chi connectivity index (χ3v) is 4.03. The summed E-state index contributed by atoms with van der Waals surface area (Å²) in [5, 5.41) is 0.503. The van der Waals surface area contributed by atoms with E-state index >= 15 is 0 Å². The van der Waals surface area contributed by atoms with Gasteiger partial charge in [-0.15, -0.1) is 0 Å². The van der Waals surface area contributed by atoms with Crippen LogP contribution in [0.15, 0.2) is 36.4 Å². The van der Waals surface area contributed by atoms with E-state index in [2.05, 4.69) is 4.98 Å². The molecule has 2 aromatic carbocycles. The highest BCUT2D eigenvalue weighted by Gasteiger charge is 2.34. The van der Waals surface area contributed by atoms with Gasteiger partial charge in [0.05, 0.1) is 28.9 Å². The van der Waals surface area contributed by atoms with Crippen molar-refractivity contribution in [2.75, 3.05) is 7.11 Å². The molecule has 0 aliphatic carbocycles. The van der Waals surface area contributed by atoms with Gasteiger partial charge in [-0.05, 0) is 24.3 Å². The van der Waals surface area contributed by atoms with Crippen LogP contribution < -0.4 is 4.74 Å². The summed E-state index contributed by atoms with van der Waals surface area (Å²) in [5.74, 6) is 0.431. The Morgan fingerprint density at radius 2 is 1.96 bits per heavy atom. The lowest BCUT2D eigenvalue weighted by molar-refractivity contribution is -0.136. The third-order valence-electron chi connectivity index (χ3n) is 3.74. The van der Waals surface area contributed by atoms with Crippen LogP contribution in [-0.2, 0) is 6.18 Å². The molecule has 1 aromatic heterocycles. The Morgan fingerprint density at radius 1 is 1.21 bits per heavy atom. The minimum Gasteiger partial charge on any atom is -0.495 e. The van der Waals surface area contributed by atoms with Gasteiger partial charge in [-0.25, -0.2) is 0 Å². The molecule has 3 rings (SSSR count). The fourth-order valence-corrected chi connectivity index (χ4v) is 2.90. The molecule has 0 atom stereocenters. The summed E-state index contributed by atoms with van der Waals surface area (Å²) in [7, 11) is 1.45. The number of carbonyl (C=O) groups excluding carboxylic acids is 1. The normalized spacial score (nSPS) is 11.7. The highest BCUT2D eigenvalue weighted by molar-refractivity contribution is 6.32. The fourth-order valence-electron chi connectivity index (χ4n) is 2.65. The number of benzene rings is 2. The maximum atomic E-state index is 13.2. The molecule has 1 heterocycles. The number of aldehydes is 1. The van der Waals surface area contributed by atoms with E-state index < -0.39 is 11.7 Å². The van der Waals surface area contributed by atoms with E-state index in [1.165, 1.54) is 25.3 Å². The van der Waals surface area contributed by atoms with Crippen LogP contribution >= 0.6 is 11.6 Å². The summed E-state index contributed by atoms with van der Waals surface area (Å²) in [6, 6.07) is 8.46. The topological polar surface area (TPSA) is 42.1 Å². The predicted molar refractivity (Wildman–Crippen MR) is 85.7 cm³/mol. The van der Waals surface area contributed by atoms with Gasteiger partial charge in [0.25, 0.3) is 0 Å². The number of rotatable bonds is 3. The van der Waals surface area contributed by atoms with E-state index in [1.807, 2.05) is 0 Å². The molecular formula is C17H11ClF3NO2. The molecule has 0 bridgehead atoms. The van der Waals surface area contributed by atoms with Crippen molar-refractivity contribution in [1.82, 2.24) is 4.98 Å². The zero-order valence-electron chi connectivity index (χ0n) is 12.4. The van der Waals surface area contributed by atoms with E-state index in [9.17, 15) is 18.0 Å². The van der Waals surface area contributed by atoms with Gasteiger partial charge in [0, 0.05) is 16.5 Å². The Labute approximate surface area is 140 Å². The molecule has 0 aliphatic rings. The number of para-hydroxylation sites is 1. The number of nitrogens with one attached hydrogen (secondary N) is 1. The van der Waals surface area contributed by atoms with Crippen molar-refractivity contribution < 1.29 is 22.7 Å². The number of ether oxygens (including phenoxy) is 1. The Hall–Kier alpha value is -2.47. The van der Waals surface area contributed by atoms with Crippen molar-refractivity contribution in [3.8, 4) is 17.0 Å². The first kappa shape index (κ1) is 16.4. The van der Waals surface area contributed by atoms with E-state index in [4.69, 9.17) is 16.3 Å². The molecule has 3 aromatic rings. The molecule has 0 saturated heterocycles. The molecule has 0 saturated carbocycles. The Kier molecular flexibility index (Phi) is 4.01.